The third-order valence-corrected chi connectivity index (χ3v) is 3.41. The summed E-state index contributed by atoms with van der Waals surface area (Å²) in [5.74, 6) is 0.255. The number of hydrogen-bond acceptors (Lipinski definition) is 4. The molecule has 0 aliphatic heterocycles. The van der Waals surface area contributed by atoms with Crippen molar-refractivity contribution in [3.8, 4) is 5.88 Å². The third-order valence-electron chi connectivity index (χ3n) is 2.96. The van der Waals surface area contributed by atoms with Crippen LogP contribution in [0.5, 0.6) is 5.88 Å². The van der Waals surface area contributed by atoms with Gasteiger partial charge in [0.05, 0.1) is 29.4 Å². The Morgan fingerprint density at radius 2 is 2.28 bits per heavy atom. The maximum absolute atomic E-state index is 12.1. The Kier molecular flexibility index (Phi) is 4.61. The van der Waals surface area contributed by atoms with Crippen molar-refractivity contribution in [2.45, 2.75) is 20.3 Å². The minimum Gasteiger partial charge on any atom is -0.481 e. The molecule has 1 amide bonds. The number of carbonyl (C=O) groups is 1. The summed E-state index contributed by atoms with van der Waals surface area (Å²) in [5.41, 5.74) is 5.35. The molecule has 1 unspecified atom stereocenters. The van der Waals surface area contributed by atoms with Crippen LogP contribution < -0.4 is 15.8 Å². The fraction of sp³-hybridized carbons (Fsp3) is 0.417. The van der Waals surface area contributed by atoms with E-state index < -0.39 is 5.41 Å². The van der Waals surface area contributed by atoms with Crippen LogP contribution in [-0.4, -0.2) is 23.0 Å². The van der Waals surface area contributed by atoms with Crippen molar-refractivity contribution < 1.29 is 9.53 Å². The molecular formula is C12H17N3O2S. The average Bonchev–Trinajstić information content (AvgIpc) is 2.38. The predicted octanol–water partition coefficient (Wildman–Crippen LogP) is 1.73. The van der Waals surface area contributed by atoms with Crippen LogP contribution in [0.1, 0.15) is 20.3 Å². The van der Waals surface area contributed by atoms with E-state index in [9.17, 15) is 4.79 Å². The second-order valence-electron chi connectivity index (χ2n) is 4.09. The van der Waals surface area contributed by atoms with E-state index >= 15 is 0 Å². The van der Waals surface area contributed by atoms with Crippen LogP contribution in [-0.2, 0) is 4.79 Å². The number of hydrogen-bond donors (Lipinski definition) is 2. The van der Waals surface area contributed by atoms with Gasteiger partial charge in [-0.3, -0.25) is 4.79 Å². The van der Waals surface area contributed by atoms with E-state index in [2.05, 4.69) is 10.3 Å². The predicted molar refractivity (Wildman–Crippen MR) is 74.6 cm³/mol. The highest BCUT2D eigenvalue weighted by molar-refractivity contribution is 7.80. The van der Waals surface area contributed by atoms with Gasteiger partial charge in [0.25, 0.3) is 0 Å². The first-order valence-electron chi connectivity index (χ1n) is 5.55. The van der Waals surface area contributed by atoms with E-state index in [0.29, 0.717) is 18.0 Å². The lowest BCUT2D eigenvalue weighted by molar-refractivity contribution is -0.121. The van der Waals surface area contributed by atoms with E-state index in [1.807, 2.05) is 6.92 Å². The average molecular weight is 267 g/mol. The SMILES string of the molecule is CCC(C)(C(=O)Nc1ccc(OC)nc1)C(N)=S. The van der Waals surface area contributed by atoms with Crippen molar-refractivity contribution in [1.82, 2.24) is 4.98 Å². The van der Waals surface area contributed by atoms with E-state index in [-0.39, 0.29) is 10.9 Å². The molecule has 3 N–H and O–H groups in total. The molecule has 1 atom stereocenters. The molecule has 6 heteroatoms. The first-order valence-corrected chi connectivity index (χ1v) is 5.96. The summed E-state index contributed by atoms with van der Waals surface area (Å²) in [5, 5.41) is 2.74. The molecule has 1 heterocycles. The Morgan fingerprint density at radius 3 is 2.67 bits per heavy atom. The lowest BCUT2D eigenvalue weighted by atomic mass is 9.86. The summed E-state index contributed by atoms with van der Waals surface area (Å²) in [6, 6.07) is 3.37. The second-order valence-corrected chi connectivity index (χ2v) is 4.53. The minimum absolute atomic E-state index is 0.184. The Morgan fingerprint density at radius 1 is 1.61 bits per heavy atom. The molecule has 0 saturated carbocycles. The zero-order valence-corrected chi connectivity index (χ0v) is 11.5. The van der Waals surface area contributed by atoms with E-state index in [4.69, 9.17) is 22.7 Å². The van der Waals surface area contributed by atoms with Gasteiger partial charge in [-0.1, -0.05) is 19.1 Å². The van der Waals surface area contributed by atoms with Gasteiger partial charge in [0.15, 0.2) is 0 Å². The standard InChI is InChI=1S/C12H17N3O2S/c1-4-12(2,10(13)18)11(16)15-8-5-6-9(17-3)14-7-8/h5-7H,4H2,1-3H3,(H2,13,18)(H,15,16). The Bertz CT molecular complexity index is 447. The molecular weight excluding hydrogens is 250 g/mol. The van der Waals surface area contributed by atoms with Crippen LogP contribution in [0.15, 0.2) is 18.3 Å². The van der Waals surface area contributed by atoms with Crippen molar-refractivity contribution in [2.24, 2.45) is 11.1 Å². The molecule has 1 rings (SSSR count). The van der Waals surface area contributed by atoms with Crippen molar-refractivity contribution in [3.05, 3.63) is 18.3 Å². The van der Waals surface area contributed by atoms with Gasteiger partial charge < -0.3 is 15.8 Å². The first kappa shape index (κ1) is 14.4. The van der Waals surface area contributed by atoms with Crippen LogP contribution in [0.3, 0.4) is 0 Å². The molecule has 0 radical (unpaired) electrons. The number of aromatic nitrogens is 1. The van der Waals surface area contributed by atoms with Gasteiger partial charge in [-0.25, -0.2) is 4.98 Å². The van der Waals surface area contributed by atoms with Crippen LogP contribution in [0.4, 0.5) is 5.69 Å². The summed E-state index contributed by atoms with van der Waals surface area (Å²) in [4.78, 5) is 16.3. The number of thiocarbonyl (C=S) groups is 1. The number of amides is 1. The summed E-state index contributed by atoms with van der Waals surface area (Å²) >= 11 is 4.94. The summed E-state index contributed by atoms with van der Waals surface area (Å²) < 4.78 is 4.94. The number of nitrogens with two attached hydrogens (primary N) is 1. The summed E-state index contributed by atoms with van der Waals surface area (Å²) in [6.45, 7) is 3.59. The highest BCUT2D eigenvalue weighted by Gasteiger charge is 2.34. The van der Waals surface area contributed by atoms with Crippen LogP contribution in [0.2, 0.25) is 0 Å². The molecule has 0 saturated heterocycles. The van der Waals surface area contributed by atoms with Crippen molar-refractivity contribution in [1.29, 1.82) is 0 Å². The molecule has 0 aliphatic carbocycles. The van der Waals surface area contributed by atoms with E-state index in [1.165, 1.54) is 13.3 Å². The molecule has 1 aromatic heterocycles. The normalized spacial score (nSPS) is 13.5. The number of carbonyl (C=O) groups excluding carboxylic acids is 1. The maximum atomic E-state index is 12.1. The molecule has 0 bridgehead atoms. The third kappa shape index (κ3) is 2.95. The molecule has 1 aromatic rings. The van der Waals surface area contributed by atoms with E-state index in [0.717, 1.165) is 0 Å². The molecule has 0 spiro atoms. The zero-order valence-electron chi connectivity index (χ0n) is 10.7. The molecule has 5 nitrogen and oxygen atoms in total. The van der Waals surface area contributed by atoms with Gasteiger partial charge in [-0.2, -0.15) is 0 Å². The van der Waals surface area contributed by atoms with Gasteiger partial charge in [-0.15, -0.1) is 0 Å². The van der Waals surface area contributed by atoms with Crippen LogP contribution in [0, 0.1) is 5.41 Å². The highest BCUT2D eigenvalue weighted by Crippen LogP contribution is 2.24. The minimum atomic E-state index is -0.852. The number of anilines is 1. The van der Waals surface area contributed by atoms with Crippen molar-refractivity contribution in [2.75, 3.05) is 12.4 Å². The maximum Gasteiger partial charge on any atom is 0.237 e. The molecule has 0 aliphatic rings. The van der Waals surface area contributed by atoms with Crippen molar-refractivity contribution in [3.63, 3.8) is 0 Å². The Balaban J connectivity index is 2.83. The van der Waals surface area contributed by atoms with Crippen molar-refractivity contribution >= 4 is 28.8 Å². The topological polar surface area (TPSA) is 77.2 Å². The highest BCUT2D eigenvalue weighted by atomic mass is 32.1. The largest absolute Gasteiger partial charge is 0.481 e. The monoisotopic (exact) mass is 267 g/mol. The fourth-order valence-corrected chi connectivity index (χ4v) is 1.53. The molecule has 98 valence electrons. The van der Waals surface area contributed by atoms with Gasteiger partial charge >= 0.3 is 0 Å². The number of nitrogens with one attached hydrogen (secondary N) is 1. The Hall–Kier alpha value is -1.69. The molecule has 18 heavy (non-hydrogen) atoms. The first-order chi connectivity index (χ1) is 8.43. The number of rotatable bonds is 5. The molecule has 0 aromatic carbocycles. The number of ether oxygens (including phenoxy) is 1. The summed E-state index contributed by atoms with van der Waals surface area (Å²) in [6.07, 6.45) is 2.06. The summed E-state index contributed by atoms with van der Waals surface area (Å²) in [7, 11) is 1.53. The lowest BCUT2D eigenvalue weighted by Gasteiger charge is -2.25. The zero-order chi connectivity index (χ0) is 13.8. The quantitative estimate of drug-likeness (QED) is 0.794. The lowest BCUT2D eigenvalue weighted by Crippen LogP contribution is -2.43. The number of nitrogens with zero attached hydrogens (tertiary/aromatic N) is 1. The van der Waals surface area contributed by atoms with Gasteiger partial charge in [0.2, 0.25) is 11.8 Å². The fourth-order valence-electron chi connectivity index (χ4n) is 1.29. The van der Waals surface area contributed by atoms with Crippen LogP contribution >= 0.6 is 12.2 Å². The van der Waals surface area contributed by atoms with E-state index in [1.54, 1.807) is 19.1 Å². The number of pyridine rings is 1. The van der Waals surface area contributed by atoms with Gasteiger partial charge in [0.1, 0.15) is 0 Å². The molecule has 0 fully saturated rings. The number of methoxy groups -OCH3 is 1. The Labute approximate surface area is 112 Å². The van der Waals surface area contributed by atoms with Crippen LogP contribution in [0.25, 0.3) is 0 Å². The van der Waals surface area contributed by atoms with Gasteiger partial charge in [-0.05, 0) is 19.4 Å². The second kappa shape index (κ2) is 5.77. The smallest absolute Gasteiger partial charge is 0.237 e. The van der Waals surface area contributed by atoms with Gasteiger partial charge in [0, 0.05) is 6.07 Å².